The number of nitrogens with zero attached hydrogens (tertiary/aromatic N) is 3. The minimum absolute atomic E-state index is 0.0906. The summed E-state index contributed by atoms with van der Waals surface area (Å²) in [6.45, 7) is 3.93. The van der Waals surface area contributed by atoms with Crippen LogP contribution in [-0.4, -0.2) is 55.5 Å². The normalized spacial score (nSPS) is 21.4. The summed E-state index contributed by atoms with van der Waals surface area (Å²) < 4.78 is 32.5. The van der Waals surface area contributed by atoms with E-state index in [2.05, 4.69) is 10.1 Å². The molecule has 1 aromatic heterocycles. The van der Waals surface area contributed by atoms with Gasteiger partial charge < -0.3 is 9.42 Å². The van der Waals surface area contributed by atoms with Gasteiger partial charge in [-0.05, 0) is 30.9 Å². The lowest BCUT2D eigenvalue weighted by Crippen LogP contribution is -2.50. The zero-order valence-corrected chi connectivity index (χ0v) is 16.0. The van der Waals surface area contributed by atoms with Crippen molar-refractivity contribution < 1.29 is 12.9 Å². The monoisotopic (exact) mass is 377 g/mol. The summed E-state index contributed by atoms with van der Waals surface area (Å²) in [6.07, 6.45) is 6.74. The average Bonchev–Trinajstić information content (AvgIpc) is 3.06. The van der Waals surface area contributed by atoms with Crippen LogP contribution in [0.4, 0.5) is 0 Å². The number of piperazine rings is 1. The maximum absolute atomic E-state index is 12.8. The Balaban J connectivity index is 1.35. The molecule has 0 N–H and O–H groups in total. The summed E-state index contributed by atoms with van der Waals surface area (Å²) in [6, 6.07) is 7.40. The van der Waals surface area contributed by atoms with E-state index < -0.39 is 10.0 Å². The van der Waals surface area contributed by atoms with Gasteiger partial charge in [-0.25, -0.2) is 8.42 Å². The molecule has 142 valence electrons. The van der Waals surface area contributed by atoms with Crippen molar-refractivity contribution in [2.75, 3.05) is 32.7 Å². The van der Waals surface area contributed by atoms with Crippen LogP contribution < -0.4 is 0 Å². The fourth-order valence-electron chi connectivity index (χ4n) is 4.23. The van der Waals surface area contributed by atoms with Crippen LogP contribution in [0, 0.1) is 5.92 Å². The van der Waals surface area contributed by atoms with Gasteiger partial charge in [0.1, 0.15) is 11.4 Å². The van der Waals surface area contributed by atoms with Gasteiger partial charge >= 0.3 is 0 Å². The van der Waals surface area contributed by atoms with Crippen molar-refractivity contribution in [1.82, 2.24) is 14.4 Å². The van der Waals surface area contributed by atoms with Crippen LogP contribution in [0.5, 0.6) is 0 Å². The molecule has 0 radical (unpaired) electrons. The molecular formula is C19H27N3O3S. The highest BCUT2D eigenvalue weighted by atomic mass is 32.2. The fourth-order valence-corrected chi connectivity index (χ4v) is 5.69. The molecule has 1 saturated carbocycles. The van der Waals surface area contributed by atoms with Crippen LogP contribution >= 0.6 is 0 Å². The maximum Gasteiger partial charge on any atom is 0.220 e. The molecule has 1 aliphatic heterocycles. The predicted octanol–water partition coefficient (Wildman–Crippen LogP) is 2.86. The van der Waals surface area contributed by atoms with Crippen molar-refractivity contribution in [3.8, 4) is 0 Å². The quantitative estimate of drug-likeness (QED) is 0.802. The molecule has 1 saturated heterocycles. The lowest BCUT2D eigenvalue weighted by molar-refractivity contribution is 0.149. The highest BCUT2D eigenvalue weighted by Gasteiger charge is 2.29. The summed E-state index contributed by atoms with van der Waals surface area (Å²) in [5.74, 6) is 0.709. The maximum atomic E-state index is 12.8. The van der Waals surface area contributed by atoms with Gasteiger partial charge in [0.25, 0.3) is 0 Å². The van der Waals surface area contributed by atoms with Gasteiger partial charge in [-0.15, -0.1) is 0 Å². The third-order valence-corrected chi connectivity index (χ3v) is 7.53. The zero-order chi connectivity index (χ0) is 18.0. The van der Waals surface area contributed by atoms with Gasteiger partial charge in [-0.2, -0.15) is 4.31 Å². The van der Waals surface area contributed by atoms with Crippen molar-refractivity contribution in [2.24, 2.45) is 5.92 Å². The largest absolute Gasteiger partial charge is 0.356 e. The minimum Gasteiger partial charge on any atom is -0.356 e. The zero-order valence-electron chi connectivity index (χ0n) is 15.1. The number of fused-ring (bicyclic) bond motifs is 1. The Morgan fingerprint density at radius 1 is 1.04 bits per heavy atom. The molecule has 2 aromatic rings. The van der Waals surface area contributed by atoms with Gasteiger partial charge in [0.05, 0.1) is 0 Å². The van der Waals surface area contributed by atoms with Crippen LogP contribution in [0.1, 0.15) is 37.8 Å². The van der Waals surface area contributed by atoms with Crippen molar-refractivity contribution in [3.05, 3.63) is 30.0 Å². The summed E-state index contributed by atoms with van der Waals surface area (Å²) in [5.41, 5.74) is 1.14. The van der Waals surface area contributed by atoms with Crippen LogP contribution in [0.3, 0.4) is 0 Å². The smallest absolute Gasteiger partial charge is 0.220 e. The molecule has 0 unspecified atom stereocenters. The molecule has 0 spiro atoms. The molecule has 7 heteroatoms. The number of para-hydroxylation sites is 1. The molecule has 26 heavy (non-hydrogen) atoms. The third kappa shape index (κ3) is 3.94. The lowest BCUT2D eigenvalue weighted by Gasteiger charge is -2.36. The Labute approximate surface area is 155 Å². The highest BCUT2D eigenvalue weighted by molar-refractivity contribution is 7.88. The number of aromatic nitrogens is 1. The van der Waals surface area contributed by atoms with Crippen molar-refractivity contribution in [1.29, 1.82) is 0 Å². The molecule has 2 aliphatic rings. The van der Waals surface area contributed by atoms with E-state index in [0.717, 1.165) is 30.9 Å². The van der Waals surface area contributed by atoms with E-state index in [0.29, 0.717) is 24.4 Å². The van der Waals surface area contributed by atoms with E-state index >= 15 is 0 Å². The van der Waals surface area contributed by atoms with E-state index in [4.69, 9.17) is 4.52 Å². The van der Waals surface area contributed by atoms with Gasteiger partial charge in [0.2, 0.25) is 10.0 Å². The van der Waals surface area contributed by atoms with Crippen molar-refractivity contribution in [3.63, 3.8) is 0 Å². The number of benzene rings is 1. The fraction of sp³-hybridized carbons (Fsp3) is 0.632. The Bertz CT molecular complexity index is 835. The number of sulfonamides is 1. The second kappa shape index (κ2) is 7.66. The lowest BCUT2D eigenvalue weighted by atomic mass is 9.89. The first-order chi connectivity index (χ1) is 12.6. The number of hydrogen-bond donors (Lipinski definition) is 0. The minimum atomic E-state index is -3.37. The van der Waals surface area contributed by atoms with Gasteiger partial charge in [-0.1, -0.05) is 36.6 Å². The molecule has 4 rings (SSSR count). The van der Waals surface area contributed by atoms with Crippen LogP contribution in [0.2, 0.25) is 0 Å². The predicted molar refractivity (Wildman–Crippen MR) is 101 cm³/mol. The van der Waals surface area contributed by atoms with E-state index in [-0.39, 0.29) is 5.75 Å². The second-order valence-corrected chi connectivity index (χ2v) is 9.55. The van der Waals surface area contributed by atoms with Crippen molar-refractivity contribution in [2.45, 2.75) is 37.9 Å². The molecular weight excluding hydrogens is 350 g/mol. The Hall–Kier alpha value is -1.44. The highest BCUT2D eigenvalue weighted by Crippen LogP contribution is 2.25. The van der Waals surface area contributed by atoms with Gasteiger partial charge in [-0.3, -0.25) is 0 Å². The number of rotatable bonds is 5. The first-order valence-electron chi connectivity index (χ1n) is 9.65. The molecule has 2 fully saturated rings. The van der Waals surface area contributed by atoms with Gasteiger partial charge in [0.15, 0.2) is 5.58 Å². The summed E-state index contributed by atoms with van der Waals surface area (Å²) in [4.78, 5) is 2.44. The Morgan fingerprint density at radius 2 is 1.77 bits per heavy atom. The standard InChI is InChI=1S/C19H27N3O3S/c23-26(24,15-18-17-8-4-5-9-19(17)25-20-18)22-12-10-21(11-13-22)14-16-6-2-1-3-7-16/h4-5,8-9,16H,1-3,6-7,10-15H2. The molecule has 0 atom stereocenters. The summed E-state index contributed by atoms with van der Waals surface area (Å²) >= 11 is 0. The molecule has 1 aliphatic carbocycles. The molecule has 2 heterocycles. The van der Waals surface area contributed by atoms with E-state index in [1.54, 1.807) is 4.31 Å². The molecule has 6 nitrogen and oxygen atoms in total. The van der Waals surface area contributed by atoms with Crippen LogP contribution in [-0.2, 0) is 15.8 Å². The van der Waals surface area contributed by atoms with Crippen LogP contribution in [0.25, 0.3) is 11.0 Å². The number of hydrogen-bond acceptors (Lipinski definition) is 5. The Morgan fingerprint density at radius 3 is 2.54 bits per heavy atom. The Kier molecular flexibility index (Phi) is 5.29. The van der Waals surface area contributed by atoms with E-state index in [9.17, 15) is 8.42 Å². The third-order valence-electron chi connectivity index (χ3n) is 5.74. The van der Waals surface area contributed by atoms with E-state index in [1.807, 2.05) is 24.3 Å². The van der Waals surface area contributed by atoms with Crippen LogP contribution in [0.15, 0.2) is 28.8 Å². The average molecular weight is 378 g/mol. The first-order valence-corrected chi connectivity index (χ1v) is 11.3. The first kappa shape index (κ1) is 17.9. The molecule has 0 bridgehead atoms. The second-order valence-electron chi connectivity index (χ2n) is 7.59. The topological polar surface area (TPSA) is 66.7 Å². The molecule has 1 aromatic carbocycles. The van der Waals surface area contributed by atoms with E-state index in [1.165, 1.54) is 32.1 Å². The van der Waals surface area contributed by atoms with Gasteiger partial charge in [0, 0.05) is 38.1 Å². The summed E-state index contributed by atoms with van der Waals surface area (Å²) in [5, 5.41) is 4.76. The van der Waals surface area contributed by atoms with Crippen molar-refractivity contribution >= 4 is 21.0 Å². The summed E-state index contributed by atoms with van der Waals surface area (Å²) in [7, 11) is -3.37. The SMILES string of the molecule is O=S(=O)(Cc1noc2ccccc12)N1CCN(CC2CCCCC2)CC1. The molecule has 0 amide bonds.